The monoisotopic (exact) mass is 129 g/mol. The van der Waals surface area contributed by atoms with E-state index in [1.807, 2.05) is 0 Å². The molecule has 0 spiro atoms. The zero-order valence-corrected chi connectivity index (χ0v) is 5.71. The summed E-state index contributed by atoms with van der Waals surface area (Å²) in [6.07, 6.45) is 4.98. The molecule has 0 aliphatic heterocycles. The lowest BCUT2D eigenvalue weighted by Crippen LogP contribution is -2.18. The van der Waals surface area contributed by atoms with Gasteiger partial charge in [0, 0.05) is 6.04 Å². The third-order valence-electron chi connectivity index (χ3n) is 1.98. The van der Waals surface area contributed by atoms with E-state index >= 15 is 0 Å². The third-order valence-corrected chi connectivity index (χ3v) is 1.98. The van der Waals surface area contributed by atoms with E-state index in [9.17, 15) is 0 Å². The summed E-state index contributed by atoms with van der Waals surface area (Å²) in [6.45, 7) is 0. The number of hydrogen-bond donors (Lipinski definition) is 2. The second kappa shape index (κ2) is 3.18. The van der Waals surface area contributed by atoms with Crippen LogP contribution in [-0.2, 0) is 0 Å². The van der Waals surface area contributed by atoms with E-state index in [0.29, 0.717) is 6.04 Å². The van der Waals surface area contributed by atoms with Crippen molar-refractivity contribution in [3.05, 3.63) is 0 Å². The van der Waals surface area contributed by atoms with Crippen LogP contribution in [0.15, 0.2) is 0 Å². The average molecular weight is 129 g/mol. The van der Waals surface area contributed by atoms with Gasteiger partial charge in [-0.05, 0) is 32.1 Å². The second-order valence-electron chi connectivity index (χ2n) is 2.92. The van der Waals surface area contributed by atoms with Crippen molar-refractivity contribution in [2.24, 2.45) is 5.73 Å². The first-order chi connectivity index (χ1) is 4.29. The average Bonchev–Trinajstić information content (AvgIpc) is 1.97. The van der Waals surface area contributed by atoms with Gasteiger partial charge >= 0.3 is 0 Å². The van der Waals surface area contributed by atoms with Gasteiger partial charge in [0.15, 0.2) is 0 Å². The molecule has 1 aliphatic carbocycles. The highest BCUT2D eigenvalue weighted by molar-refractivity contribution is 4.70. The lowest BCUT2D eigenvalue weighted by molar-refractivity contribution is 0.157. The SMILES string of the molecule is N[C@@H]1CCC[C@@H](O)CC1. The minimum Gasteiger partial charge on any atom is -0.393 e. The van der Waals surface area contributed by atoms with Crippen LogP contribution in [0.2, 0.25) is 0 Å². The Bertz CT molecular complexity index is 75.0. The molecule has 0 saturated heterocycles. The van der Waals surface area contributed by atoms with Crippen LogP contribution in [0, 0.1) is 0 Å². The van der Waals surface area contributed by atoms with Crippen LogP contribution in [0.3, 0.4) is 0 Å². The van der Waals surface area contributed by atoms with E-state index in [1.165, 1.54) is 0 Å². The first-order valence-corrected chi connectivity index (χ1v) is 3.72. The Kier molecular flexibility index (Phi) is 2.49. The van der Waals surface area contributed by atoms with Crippen molar-refractivity contribution in [1.82, 2.24) is 0 Å². The molecule has 1 aliphatic rings. The number of aliphatic hydroxyl groups is 1. The first kappa shape index (κ1) is 7.03. The van der Waals surface area contributed by atoms with Crippen molar-refractivity contribution in [2.75, 3.05) is 0 Å². The Morgan fingerprint density at radius 3 is 2.67 bits per heavy atom. The Morgan fingerprint density at radius 2 is 1.89 bits per heavy atom. The van der Waals surface area contributed by atoms with Gasteiger partial charge in [0.2, 0.25) is 0 Å². The molecule has 2 atom stereocenters. The summed E-state index contributed by atoms with van der Waals surface area (Å²) in [5.41, 5.74) is 5.69. The van der Waals surface area contributed by atoms with Crippen LogP contribution >= 0.6 is 0 Å². The molecule has 54 valence electrons. The Hall–Kier alpha value is -0.0800. The summed E-state index contributed by atoms with van der Waals surface area (Å²) in [6, 6.07) is 0.349. The van der Waals surface area contributed by atoms with Gasteiger partial charge in [0.05, 0.1) is 6.10 Å². The van der Waals surface area contributed by atoms with Crippen LogP contribution in [0.1, 0.15) is 32.1 Å². The molecular weight excluding hydrogens is 114 g/mol. The third kappa shape index (κ3) is 2.33. The van der Waals surface area contributed by atoms with Gasteiger partial charge in [0.1, 0.15) is 0 Å². The fourth-order valence-corrected chi connectivity index (χ4v) is 1.31. The molecule has 2 nitrogen and oxygen atoms in total. The first-order valence-electron chi connectivity index (χ1n) is 3.72. The largest absolute Gasteiger partial charge is 0.393 e. The molecule has 0 radical (unpaired) electrons. The minimum absolute atomic E-state index is 0.0708. The number of aliphatic hydroxyl groups excluding tert-OH is 1. The van der Waals surface area contributed by atoms with Crippen molar-refractivity contribution in [2.45, 2.75) is 44.2 Å². The molecule has 0 unspecified atom stereocenters. The summed E-state index contributed by atoms with van der Waals surface area (Å²) >= 11 is 0. The Labute approximate surface area is 56.1 Å². The van der Waals surface area contributed by atoms with Crippen molar-refractivity contribution in [3.8, 4) is 0 Å². The van der Waals surface area contributed by atoms with Crippen LogP contribution in [-0.4, -0.2) is 17.3 Å². The molecule has 0 amide bonds. The van der Waals surface area contributed by atoms with Crippen molar-refractivity contribution >= 4 is 0 Å². The Morgan fingerprint density at radius 1 is 1.11 bits per heavy atom. The molecule has 0 aromatic rings. The topological polar surface area (TPSA) is 46.2 Å². The fourth-order valence-electron chi connectivity index (χ4n) is 1.31. The highest BCUT2D eigenvalue weighted by Gasteiger charge is 2.12. The van der Waals surface area contributed by atoms with Gasteiger partial charge in [-0.25, -0.2) is 0 Å². The van der Waals surface area contributed by atoms with E-state index in [-0.39, 0.29) is 6.10 Å². The maximum atomic E-state index is 9.15. The molecule has 1 saturated carbocycles. The molecular formula is C7H15NO. The van der Waals surface area contributed by atoms with Crippen LogP contribution in [0.4, 0.5) is 0 Å². The summed E-state index contributed by atoms with van der Waals surface area (Å²) in [4.78, 5) is 0. The standard InChI is InChI=1S/C7H15NO/c8-6-2-1-3-7(9)5-4-6/h6-7,9H,1-5,8H2/t6-,7-/m1/s1. The van der Waals surface area contributed by atoms with E-state index in [1.54, 1.807) is 0 Å². The molecule has 0 aromatic heterocycles. The normalized spacial score (nSPS) is 38.0. The highest BCUT2D eigenvalue weighted by atomic mass is 16.3. The van der Waals surface area contributed by atoms with Gasteiger partial charge in [-0.1, -0.05) is 0 Å². The van der Waals surface area contributed by atoms with Gasteiger partial charge in [-0.2, -0.15) is 0 Å². The van der Waals surface area contributed by atoms with E-state index in [0.717, 1.165) is 32.1 Å². The number of hydrogen-bond acceptors (Lipinski definition) is 2. The van der Waals surface area contributed by atoms with Crippen LogP contribution in [0.5, 0.6) is 0 Å². The molecule has 1 rings (SSSR count). The lowest BCUT2D eigenvalue weighted by atomic mass is 10.1. The van der Waals surface area contributed by atoms with Crippen LogP contribution < -0.4 is 5.73 Å². The zero-order chi connectivity index (χ0) is 6.69. The molecule has 0 heterocycles. The van der Waals surface area contributed by atoms with E-state index in [2.05, 4.69) is 0 Å². The maximum Gasteiger partial charge on any atom is 0.0540 e. The van der Waals surface area contributed by atoms with Gasteiger partial charge < -0.3 is 10.8 Å². The molecule has 0 aromatic carbocycles. The van der Waals surface area contributed by atoms with Crippen LogP contribution in [0.25, 0.3) is 0 Å². The van der Waals surface area contributed by atoms with Crippen molar-refractivity contribution in [1.29, 1.82) is 0 Å². The summed E-state index contributed by atoms with van der Waals surface area (Å²) in [5.74, 6) is 0. The van der Waals surface area contributed by atoms with Gasteiger partial charge in [-0.15, -0.1) is 0 Å². The fraction of sp³-hybridized carbons (Fsp3) is 1.00. The van der Waals surface area contributed by atoms with Gasteiger partial charge in [0.25, 0.3) is 0 Å². The van der Waals surface area contributed by atoms with E-state index < -0.39 is 0 Å². The molecule has 0 bridgehead atoms. The second-order valence-corrected chi connectivity index (χ2v) is 2.92. The number of rotatable bonds is 0. The Balaban J connectivity index is 2.25. The minimum atomic E-state index is -0.0708. The maximum absolute atomic E-state index is 9.15. The van der Waals surface area contributed by atoms with Crippen molar-refractivity contribution in [3.63, 3.8) is 0 Å². The van der Waals surface area contributed by atoms with Gasteiger partial charge in [-0.3, -0.25) is 0 Å². The molecule has 9 heavy (non-hydrogen) atoms. The number of nitrogens with two attached hydrogens (primary N) is 1. The molecule has 3 N–H and O–H groups in total. The lowest BCUT2D eigenvalue weighted by Gasteiger charge is -2.05. The summed E-state index contributed by atoms with van der Waals surface area (Å²) < 4.78 is 0. The van der Waals surface area contributed by atoms with E-state index in [4.69, 9.17) is 10.8 Å². The molecule has 1 fully saturated rings. The summed E-state index contributed by atoms with van der Waals surface area (Å²) in [5, 5.41) is 9.15. The zero-order valence-electron chi connectivity index (χ0n) is 5.71. The highest BCUT2D eigenvalue weighted by Crippen LogP contribution is 2.15. The predicted molar refractivity (Wildman–Crippen MR) is 37.1 cm³/mol. The smallest absolute Gasteiger partial charge is 0.0540 e. The predicted octanol–water partition coefficient (Wildman–Crippen LogP) is 0.639. The summed E-state index contributed by atoms with van der Waals surface area (Å²) in [7, 11) is 0. The molecule has 2 heteroatoms. The quantitative estimate of drug-likeness (QED) is 0.471. The van der Waals surface area contributed by atoms with Crippen molar-refractivity contribution < 1.29 is 5.11 Å².